The van der Waals surface area contributed by atoms with E-state index in [1.54, 1.807) is 18.2 Å². The van der Waals surface area contributed by atoms with Gasteiger partial charge in [0.1, 0.15) is 10.8 Å². The number of ether oxygens (including phenoxy) is 1. The lowest BCUT2D eigenvalue weighted by molar-refractivity contribution is -0.0859. The number of benzene rings is 1. The van der Waals surface area contributed by atoms with Crippen molar-refractivity contribution in [2.45, 2.75) is 5.41 Å². The van der Waals surface area contributed by atoms with Crippen molar-refractivity contribution >= 4 is 11.3 Å². The molecule has 18 heavy (non-hydrogen) atoms. The minimum absolute atomic E-state index is 0.00739. The third-order valence-electron chi connectivity index (χ3n) is 3.21. The van der Waals surface area contributed by atoms with Crippen molar-refractivity contribution < 1.29 is 14.2 Å². The summed E-state index contributed by atoms with van der Waals surface area (Å²) in [7, 11) is 0. The van der Waals surface area contributed by atoms with Crippen molar-refractivity contribution in [1.82, 2.24) is 4.98 Å². The SMILES string of the molecule is OCC1(c2csc(-c3ccccc3F)n2)COC1. The maximum atomic E-state index is 13.7. The first kappa shape index (κ1) is 11.8. The van der Waals surface area contributed by atoms with Crippen molar-refractivity contribution in [1.29, 1.82) is 0 Å². The van der Waals surface area contributed by atoms with Crippen LogP contribution in [0.4, 0.5) is 4.39 Å². The second kappa shape index (κ2) is 4.42. The number of aliphatic hydroxyl groups is 1. The summed E-state index contributed by atoms with van der Waals surface area (Å²) in [4.78, 5) is 4.44. The van der Waals surface area contributed by atoms with Gasteiger partial charge in [-0.3, -0.25) is 0 Å². The molecule has 3 nitrogen and oxygen atoms in total. The highest BCUT2D eigenvalue weighted by molar-refractivity contribution is 7.13. The Hall–Kier alpha value is -1.30. The summed E-state index contributed by atoms with van der Waals surface area (Å²) in [6.45, 7) is 0.960. The van der Waals surface area contributed by atoms with Crippen molar-refractivity contribution in [3.63, 3.8) is 0 Å². The molecule has 0 amide bonds. The number of hydrogen-bond donors (Lipinski definition) is 1. The molecule has 1 saturated heterocycles. The van der Waals surface area contributed by atoms with Crippen LogP contribution in [-0.2, 0) is 10.2 Å². The van der Waals surface area contributed by atoms with Crippen molar-refractivity contribution in [2.75, 3.05) is 19.8 Å². The lowest BCUT2D eigenvalue weighted by Crippen LogP contribution is -2.49. The molecule has 1 aliphatic heterocycles. The van der Waals surface area contributed by atoms with E-state index in [-0.39, 0.29) is 17.8 Å². The summed E-state index contributed by atoms with van der Waals surface area (Å²) < 4.78 is 18.8. The van der Waals surface area contributed by atoms with E-state index in [2.05, 4.69) is 4.98 Å². The minimum Gasteiger partial charge on any atom is -0.395 e. The van der Waals surface area contributed by atoms with Crippen LogP contribution in [0.1, 0.15) is 5.69 Å². The number of hydrogen-bond acceptors (Lipinski definition) is 4. The van der Waals surface area contributed by atoms with Crippen molar-refractivity contribution in [3.8, 4) is 10.6 Å². The van der Waals surface area contributed by atoms with Crippen LogP contribution in [0, 0.1) is 5.82 Å². The molecule has 2 heterocycles. The van der Waals surface area contributed by atoms with Crippen LogP contribution in [0.15, 0.2) is 29.6 Å². The van der Waals surface area contributed by atoms with Crippen LogP contribution >= 0.6 is 11.3 Å². The third kappa shape index (κ3) is 1.75. The van der Waals surface area contributed by atoms with Gasteiger partial charge in [-0.15, -0.1) is 11.3 Å². The van der Waals surface area contributed by atoms with Crippen molar-refractivity contribution in [3.05, 3.63) is 41.2 Å². The number of thiazole rings is 1. The topological polar surface area (TPSA) is 42.4 Å². The quantitative estimate of drug-likeness (QED) is 0.925. The fraction of sp³-hybridized carbons (Fsp3) is 0.308. The molecule has 1 aromatic heterocycles. The zero-order chi connectivity index (χ0) is 12.6. The van der Waals surface area contributed by atoms with Gasteiger partial charge in [0, 0.05) is 10.9 Å². The van der Waals surface area contributed by atoms with Gasteiger partial charge < -0.3 is 9.84 Å². The maximum absolute atomic E-state index is 13.7. The Bertz CT molecular complexity index is 560. The molecule has 1 fully saturated rings. The second-order valence-corrected chi connectivity index (χ2v) is 5.31. The molecule has 0 saturated carbocycles. The number of aliphatic hydroxyl groups excluding tert-OH is 1. The molecule has 1 aromatic carbocycles. The molecule has 0 spiro atoms. The molecule has 1 N–H and O–H groups in total. The second-order valence-electron chi connectivity index (χ2n) is 4.45. The Balaban J connectivity index is 1.97. The van der Waals surface area contributed by atoms with E-state index in [1.165, 1.54) is 17.4 Å². The first-order valence-electron chi connectivity index (χ1n) is 5.65. The van der Waals surface area contributed by atoms with Gasteiger partial charge in [0.25, 0.3) is 0 Å². The molecule has 0 radical (unpaired) electrons. The van der Waals surface area contributed by atoms with Gasteiger partial charge in [-0.25, -0.2) is 9.37 Å². The average molecular weight is 265 g/mol. The van der Waals surface area contributed by atoms with Gasteiger partial charge >= 0.3 is 0 Å². The maximum Gasteiger partial charge on any atom is 0.133 e. The average Bonchev–Trinajstić information content (AvgIpc) is 2.79. The van der Waals surface area contributed by atoms with Crippen molar-refractivity contribution in [2.24, 2.45) is 0 Å². The van der Waals surface area contributed by atoms with E-state index in [0.717, 1.165) is 5.69 Å². The number of aromatic nitrogens is 1. The lowest BCUT2D eigenvalue weighted by Gasteiger charge is -2.38. The van der Waals surface area contributed by atoms with Crippen LogP contribution in [-0.4, -0.2) is 29.9 Å². The van der Waals surface area contributed by atoms with E-state index in [0.29, 0.717) is 23.8 Å². The van der Waals surface area contributed by atoms with Gasteiger partial charge in [0.15, 0.2) is 0 Å². The molecule has 5 heteroatoms. The molecule has 0 atom stereocenters. The van der Waals surface area contributed by atoms with E-state index in [1.807, 2.05) is 5.38 Å². The van der Waals surface area contributed by atoms with E-state index in [9.17, 15) is 9.50 Å². The molecule has 3 rings (SSSR count). The first-order chi connectivity index (χ1) is 8.75. The Morgan fingerprint density at radius 1 is 1.39 bits per heavy atom. The van der Waals surface area contributed by atoms with Gasteiger partial charge in [0.2, 0.25) is 0 Å². The van der Waals surface area contributed by atoms with Crippen LogP contribution in [0.3, 0.4) is 0 Å². The molecule has 2 aromatic rings. The van der Waals surface area contributed by atoms with E-state index >= 15 is 0 Å². The summed E-state index contributed by atoms with van der Waals surface area (Å²) >= 11 is 1.39. The molecule has 0 unspecified atom stereocenters. The van der Waals surface area contributed by atoms with Crippen LogP contribution in [0.5, 0.6) is 0 Å². The lowest BCUT2D eigenvalue weighted by atomic mass is 9.84. The highest BCUT2D eigenvalue weighted by atomic mass is 32.1. The largest absolute Gasteiger partial charge is 0.395 e. The summed E-state index contributed by atoms with van der Waals surface area (Å²) in [5, 5.41) is 12.0. The Morgan fingerprint density at radius 3 is 2.78 bits per heavy atom. The summed E-state index contributed by atoms with van der Waals surface area (Å²) in [6.07, 6.45) is 0. The molecular weight excluding hydrogens is 253 g/mol. The Morgan fingerprint density at radius 2 is 2.17 bits per heavy atom. The third-order valence-corrected chi connectivity index (χ3v) is 4.09. The standard InChI is InChI=1S/C13H12FNO2S/c14-10-4-2-1-3-9(10)12-15-11(5-18-12)13(6-16)7-17-8-13/h1-5,16H,6-8H2. The molecule has 1 aliphatic rings. The number of rotatable bonds is 3. The predicted octanol–water partition coefficient (Wildman–Crippen LogP) is 2.21. The monoisotopic (exact) mass is 265 g/mol. The Kier molecular flexibility index (Phi) is 2.89. The highest BCUT2D eigenvalue weighted by Gasteiger charge is 2.42. The fourth-order valence-electron chi connectivity index (χ4n) is 1.94. The van der Waals surface area contributed by atoms with E-state index < -0.39 is 0 Å². The van der Waals surface area contributed by atoms with Gasteiger partial charge in [0.05, 0.1) is 30.9 Å². The minimum atomic E-state index is -0.389. The van der Waals surface area contributed by atoms with Crippen LogP contribution in [0.25, 0.3) is 10.6 Å². The zero-order valence-corrected chi connectivity index (χ0v) is 10.4. The molecule has 0 aliphatic carbocycles. The zero-order valence-electron chi connectivity index (χ0n) is 9.60. The van der Waals surface area contributed by atoms with Gasteiger partial charge in [-0.05, 0) is 12.1 Å². The fourth-order valence-corrected chi connectivity index (χ4v) is 2.91. The van der Waals surface area contributed by atoms with Crippen LogP contribution < -0.4 is 0 Å². The number of nitrogens with zero attached hydrogens (tertiary/aromatic N) is 1. The summed E-state index contributed by atoms with van der Waals surface area (Å²) in [6, 6.07) is 6.57. The number of halogens is 1. The normalized spacial score (nSPS) is 17.4. The molecule has 0 bridgehead atoms. The smallest absolute Gasteiger partial charge is 0.133 e. The summed E-state index contributed by atoms with van der Waals surface area (Å²) in [5.41, 5.74) is 0.904. The first-order valence-corrected chi connectivity index (χ1v) is 6.53. The summed E-state index contributed by atoms with van der Waals surface area (Å²) in [5.74, 6) is -0.277. The highest BCUT2D eigenvalue weighted by Crippen LogP contribution is 2.35. The van der Waals surface area contributed by atoms with E-state index in [4.69, 9.17) is 4.74 Å². The Labute approximate surface area is 108 Å². The predicted molar refractivity (Wildman–Crippen MR) is 67.1 cm³/mol. The van der Waals surface area contributed by atoms with Gasteiger partial charge in [-0.2, -0.15) is 0 Å². The van der Waals surface area contributed by atoms with Crippen LogP contribution in [0.2, 0.25) is 0 Å². The molecular formula is C13H12FNO2S. The molecule has 94 valence electrons. The van der Waals surface area contributed by atoms with Gasteiger partial charge in [-0.1, -0.05) is 12.1 Å².